The zero-order valence-corrected chi connectivity index (χ0v) is 31.4. The number of ketones is 2. The molecule has 13 rings (SSSR count). The summed E-state index contributed by atoms with van der Waals surface area (Å²) in [4.78, 5) is 66.2. The van der Waals surface area contributed by atoms with E-state index in [9.17, 15) is 45.7 Å². The highest BCUT2D eigenvalue weighted by Gasteiger charge is 2.69. The Morgan fingerprint density at radius 3 is 1.51 bits per heavy atom. The van der Waals surface area contributed by atoms with Crippen molar-refractivity contribution in [2.75, 3.05) is 26.4 Å². The lowest BCUT2D eigenvalue weighted by Crippen LogP contribution is -2.70. The van der Waals surface area contributed by atoms with Crippen molar-refractivity contribution < 1.29 is 69.4 Å². The molecule has 6 atom stereocenters. The number of carbonyl (C=O) groups excluding carboxylic acids is 5. The van der Waals surface area contributed by atoms with Gasteiger partial charge in [0.05, 0.1) is 29.5 Å². The molecule has 13 fully saturated rings. The van der Waals surface area contributed by atoms with Crippen LogP contribution in [0.2, 0.25) is 0 Å². The maximum Gasteiger partial charge on any atom is 0.428 e. The molecule has 13 nitrogen and oxygen atoms in total. The first-order valence-electron chi connectivity index (χ1n) is 20.1. The molecule has 1 saturated heterocycles. The molecule has 0 N–H and O–H groups in total. The Morgan fingerprint density at radius 1 is 0.673 bits per heavy atom. The SMILES string of the molecule is O=C1C2CC3CC1CC(C(=O)OCC1(COC(=O)C45CC6CC(C4)C(=O)C(C6)C5)COC4(OC1)C1CC5CC4CC(OC(=O)C(F)(F)S(=O)(=O)[O-])(C5)C1)(C3)C2. The molecule has 6 unspecified atom stereocenters. The number of esters is 3. The van der Waals surface area contributed by atoms with Crippen molar-refractivity contribution in [1.29, 1.82) is 0 Å². The van der Waals surface area contributed by atoms with E-state index < -0.39 is 60.8 Å². The summed E-state index contributed by atoms with van der Waals surface area (Å²) in [5.41, 5.74) is -3.98. The van der Waals surface area contributed by atoms with Gasteiger partial charge in [0.2, 0.25) is 0 Å². The van der Waals surface area contributed by atoms with E-state index in [1.165, 1.54) is 0 Å². The fourth-order valence-corrected chi connectivity index (χ4v) is 14.6. The van der Waals surface area contributed by atoms with Gasteiger partial charge in [0.25, 0.3) is 0 Å². The van der Waals surface area contributed by atoms with Crippen LogP contribution in [-0.4, -0.2) is 85.5 Å². The van der Waals surface area contributed by atoms with Crippen LogP contribution >= 0.6 is 0 Å². The molecule has 55 heavy (non-hydrogen) atoms. The van der Waals surface area contributed by atoms with Crippen molar-refractivity contribution in [1.82, 2.24) is 0 Å². The van der Waals surface area contributed by atoms with E-state index in [4.69, 9.17) is 23.7 Å². The second-order valence-electron chi connectivity index (χ2n) is 19.9. The third-order valence-corrected chi connectivity index (χ3v) is 17.0. The summed E-state index contributed by atoms with van der Waals surface area (Å²) in [6.07, 6.45) is 8.05. The predicted molar refractivity (Wildman–Crippen MR) is 178 cm³/mol. The molecule has 0 aromatic rings. The van der Waals surface area contributed by atoms with Gasteiger partial charge in [0.15, 0.2) is 15.9 Å². The topological polar surface area (TPSA) is 189 Å². The lowest BCUT2D eigenvalue weighted by atomic mass is 9.49. The first-order chi connectivity index (χ1) is 25.9. The van der Waals surface area contributed by atoms with Crippen molar-refractivity contribution in [3.05, 3.63) is 0 Å². The lowest BCUT2D eigenvalue weighted by molar-refractivity contribution is -0.397. The first kappa shape index (κ1) is 36.8. The van der Waals surface area contributed by atoms with E-state index in [0.717, 1.165) is 25.7 Å². The fourth-order valence-electron chi connectivity index (χ4n) is 14.4. The van der Waals surface area contributed by atoms with Gasteiger partial charge in [-0.2, -0.15) is 8.78 Å². The molecule has 1 aliphatic heterocycles. The number of Topliss-reactive ketones (excluding diaryl/α,β-unsaturated/α-hetero) is 2. The highest BCUT2D eigenvalue weighted by Crippen LogP contribution is 2.65. The van der Waals surface area contributed by atoms with Crippen LogP contribution in [0.4, 0.5) is 8.78 Å². The minimum absolute atomic E-state index is 0.0246. The molecule has 0 aromatic carbocycles. The van der Waals surface area contributed by atoms with Crippen molar-refractivity contribution in [3.8, 4) is 0 Å². The van der Waals surface area contributed by atoms with Gasteiger partial charge in [-0.1, -0.05) is 0 Å². The normalized spacial score (nSPS) is 48.7. The molecule has 1 spiro atoms. The fraction of sp³-hybridized carbons (Fsp3) is 0.872. The highest BCUT2D eigenvalue weighted by molar-refractivity contribution is 7.87. The van der Waals surface area contributed by atoms with Crippen molar-refractivity contribution >= 4 is 39.6 Å². The van der Waals surface area contributed by atoms with Gasteiger partial charge in [-0.25, -0.2) is 13.2 Å². The van der Waals surface area contributed by atoms with Crippen LogP contribution in [-0.2, 0) is 57.8 Å². The number of hydrogen-bond acceptors (Lipinski definition) is 13. The Hall–Kier alpha value is -2.56. The van der Waals surface area contributed by atoms with Crippen molar-refractivity contribution in [2.24, 2.45) is 69.5 Å². The maximum atomic E-state index is 14.2. The van der Waals surface area contributed by atoms with Crippen LogP contribution in [0.1, 0.15) is 96.3 Å². The molecular weight excluding hydrogens is 746 g/mol. The molecule has 0 aromatic heterocycles. The first-order valence-corrected chi connectivity index (χ1v) is 21.5. The second-order valence-corrected chi connectivity index (χ2v) is 21.3. The van der Waals surface area contributed by atoms with E-state index in [2.05, 4.69) is 0 Å². The monoisotopic (exact) mass is 793 g/mol. The minimum Gasteiger partial charge on any atom is -0.743 e. The minimum atomic E-state index is -6.29. The summed E-state index contributed by atoms with van der Waals surface area (Å²) in [7, 11) is -6.29. The van der Waals surface area contributed by atoms with Gasteiger partial charge in [-0.15, -0.1) is 0 Å². The van der Waals surface area contributed by atoms with E-state index in [0.29, 0.717) is 63.2 Å². The number of ether oxygens (including phenoxy) is 5. The van der Waals surface area contributed by atoms with Crippen LogP contribution in [0.5, 0.6) is 0 Å². The summed E-state index contributed by atoms with van der Waals surface area (Å²) in [6.45, 7) is -0.377. The van der Waals surface area contributed by atoms with Crippen LogP contribution in [0, 0.1) is 69.5 Å². The Bertz CT molecular complexity index is 1730. The number of rotatable bonds is 9. The highest BCUT2D eigenvalue weighted by atomic mass is 32.2. The summed E-state index contributed by atoms with van der Waals surface area (Å²) in [5, 5.41) is -5.22. The molecule has 16 heteroatoms. The maximum absolute atomic E-state index is 14.2. The largest absolute Gasteiger partial charge is 0.743 e. The quantitative estimate of drug-likeness (QED) is 0.186. The summed E-state index contributed by atoms with van der Waals surface area (Å²) in [5.74, 6) is -4.55. The lowest BCUT2D eigenvalue weighted by Gasteiger charge is -2.65. The van der Waals surface area contributed by atoms with Crippen LogP contribution in [0.15, 0.2) is 0 Å². The van der Waals surface area contributed by atoms with Gasteiger partial charge >= 0.3 is 23.2 Å². The van der Waals surface area contributed by atoms with Gasteiger partial charge in [0, 0.05) is 35.5 Å². The smallest absolute Gasteiger partial charge is 0.428 e. The van der Waals surface area contributed by atoms with Crippen LogP contribution < -0.4 is 0 Å². The molecule has 12 saturated carbocycles. The molecule has 12 bridgehead atoms. The van der Waals surface area contributed by atoms with Crippen LogP contribution in [0.3, 0.4) is 0 Å². The van der Waals surface area contributed by atoms with Gasteiger partial charge in [-0.05, 0) is 114 Å². The Labute approximate surface area is 317 Å². The zero-order chi connectivity index (χ0) is 38.6. The van der Waals surface area contributed by atoms with E-state index >= 15 is 0 Å². The van der Waals surface area contributed by atoms with E-state index in [-0.39, 0.29) is 98.8 Å². The molecule has 12 aliphatic carbocycles. The van der Waals surface area contributed by atoms with Crippen molar-refractivity contribution in [3.63, 3.8) is 0 Å². The molecule has 13 aliphatic rings. The standard InChI is InChI=1S/C39H48F2O13S/c40-39(41,55(47,48)49)33(46)54-37-9-22-5-27(14-37)38(28(6-22)15-37)52-18-34(19-53-38,16-50-31(44)35-7-20-1-23(10-35)29(42)24(2-20)11-35)17-51-32(45)36-8-21-3-25(12-36)30(43)26(4-21)13-36/h20-28H,1-19H2,(H,47,48,49)/p-1. The zero-order valence-electron chi connectivity index (χ0n) is 30.6. The average molecular weight is 794 g/mol. The van der Waals surface area contributed by atoms with E-state index in [1.807, 2.05) is 0 Å². The summed E-state index contributed by atoms with van der Waals surface area (Å²) < 4.78 is 92.9. The second kappa shape index (κ2) is 11.8. The van der Waals surface area contributed by atoms with Gasteiger partial charge in [0.1, 0.15) is 30.4 Å². The Morgan fingerprint density at radius 2 is 1.09 bits per heavy atom. The van der Waals surface area contributed by atoms with Crippen molar-refractivity contribution in [2.45, 2.75) is 113 Å². The molecular formula is C39H47F2O13S-. The number of carbonyl (C=O) groups is 5. The third-order valence-electron chi connectivity index (χ3n) is 16.2. The average Bonchev–Trinajstić information content (AvgIpc) is 3.12. The Balaban J connectivity index is 0.871. The van der Waals surface area contributed by atoms with E-state index in [1.54, 1.807) is 0 Å². The third kappa shape index (κ3) is 5.41. The molecule has 1 heterocycles. The molecule has 0 amide bonds. The predicted octanol–water partition coefficient (Wildman–Crippen LogP) is 3.85. The summed E-state index contributed by atoms with van der Waals surface area (Å²) >= 11 is 0. The number of alkyl halides is 2. The molecule has 302 valence electrons. The summed E-state index contributed by atoms with van der Waals surface area (Å²) in [6, 6.07) is 0. The van der Waals surface area contributed by atoms with Crippen LogP contribution in [0.25, 0.3) is 0 Å². The van der Waals surface area contributed by atoms with Gasteiger partial charge < -0.3 is 28.2 Å². The van der Waals surface area contributed by atoms with Gasteiger partial charge in [-0.3, -0.25) is 19.2 Å². The number of hydrogen-bond donors (Lipinski definition) is 0. The molecule has 0 radical (unpaired) electrons. The Kier molecular flexibility index (Phi) is 7.87. The number of halogens is 2.